The Morgan fingerprint density at radius 1 is 1.15 bits per heavy atom. The van der Waals surface area contributed by atoms with Gasteiger partial charge in [-0.15, -0.1) is 0 Å². The number of rotatable bonds is 7. The zero-order valence-electron chi connectivity index (χ0n) is 15.2. The van der Waals surface area contributed by atoms with Crippen LogP contribution in [0.25, 0.3) is 0 Å². The van der Waals surface area contributed by atoms with E-state index >= 15 is 0 Å². The summed E-state index contributed by atoms with van der Waals surface area (Å²) in [5.41, 5.74) is 0.433. The smallest absolute Gasteiger partial charge is 0.341 e. The molecule has 0 bridgehead atoms. The van der Waals surface area contributed by atoms with E-state index in [9.17, 15) is 14.4 Å². The summed E-state index contributed by atoms with van der Waals surface area (Å²) in [4.78, 5) is 36.5. The number of furan rings is 1. The van der Waals surface area contributed by atoms with Crippen molar-refractivity contribution in [1.29, 1.82) is 0 Å². The van der Waals surface area contributed by atoms with Gasteiger partial charge in [-0.1, -0.05) is 37.6 Å². The van der Waals surface area contributed by atoms with Crippen molar-refractivity contribution in [3.63, 3.8) is 0 Å². The number of nitrogens with one attached hydrogen (secondary N) is 1. The monoisotopic (exact) mass is 393 g/mol. The minimum atomic E-state index is -0.898. The van der Waals surface area contributed by atoms with Crippen LogP contribution in [0.3, 0.4) is 0 Å². The molecule has 8 heteroatoms. The number of carbonyl (C=O) groups excluding carboxylic acids is 3. The molecule has 0 fully saturated rings. The second-order valence-electron chi connectivity index (χ2n) is 6.03. The molecular weight excluding hydrogens is 374 g/mol. The highest BCUT2D eigenvalue weighted by Crippen LogP contribution is 2.17. The Bertz CT molecular complexity index is 829. The molecule has 0 unspecified atom stereocenters. The number of esters is 2. The molecule has 144 valence electrons. The average molecular weight is 394 g/mol. The maximum absolute atomic E-state index is 12.5. The van der Waals surface area contributed by atoms with E-state index in [1.54, 1.807) is 38.1 Å². The fourth-order valence-corrected chi connectivity index (χ4v) is 2.55. The molecule has 7 nitrogen and oxygen atoms in total. The fourth-order valence-electron chi connectivity index (χ4n) is 2.33. The lowest BCUT2D eigenvalue weighted by Crippen LogP contribution is -2.45. The Balaban J connectivity index is 2.05. The molecular formula is C19H20ClNO6. The third-order valence-electron chi connectivity index (χ3n) is 3.82. The van der Waals surface area contributed by atoms with Crippen molar-refractivity contribution < 1.29 is 28.3 Å². The van der Waals surface area contributed by atoms with Crippen LogP contribution in [0.1, 0.15) is 40.3 Å². The molecule has 0 saturated heterocycles. The van der Waals surface area contributed by atoms with Crippen molar-refractivity contribution in [2.75, 3.05) is 7.11 Å². The van der Waals surface area contributed by atoms with E-state index in [1.807, 2.05) is 0 Å². The Labute approximate surface area is 161 Å². The van der Waals surface area contributed by atoms with Crippen LogP contribution in [-0.4, -0.2) is 31.0 Å². The molecule has 1 amide bonds. The maximum atomic E-state index is 12.5. The third-order valence-corrected chi connectivity index (χ3v) is 4.15. The van der Waals surface area contributed by atoms with Crippen LogP contribution in [0.5, 0.6) is 0 Å². The van der Waals surface area contributed by atoms with Gasteiger partial charge in [0.25, 0.3) is 5.91 Å². The summed E-state index contributed by atoms with van der Waals surface area (Å²) in [5, 5.41) is 2.91. The van der Waals surface area contributed by atoms with E-state index in [4.69, 9.17) is 20.8 Å². The van der Waals surface area contributed by atoms with Crippen molar-refractivity contribution in [3.05, 3.63) is 58.5 Å². The van der Waals surface area contributed by atoms with Crippen molar-refractivity contribution in [1.82, 2.24) is 5.32 Å². The third kappa shape index (κ3) is 5.10. The van der Waals surface area contributed by atoms with Gasteiger partial charge in [0.2, 0.25) is 0 Å². The summed E-state index contributed by atoms with van der Waals surface area (Å²) >= 11 is 6.02. The predicted molar refractivity (Wildman–Crippen MR) is 97.4 cm³/mol. The highest BCUT2D eigenvalue weighted by Gasteiger charge is 2.27. The minimum Gasteiger partial charge on any atom is -0.465 e. The largest absolute Gasteiger partial charge is 0.465 e. The van der Waals surface area contributed by atoms with E-state index in [0.29, 0.717) is 0 Å². The maximum Gasteiger partial charge on any atom is 0.341 e. The SMILES string of the molecule is COC(=O)c1ccoc1COC(=O)[C@H](NC(=O)c1ccccc1Cl)C(C)C. The molecule has 1 heterocycles. The standard InChI is InChI=1S/C19H20ClNO6/c1-11(2)16(21-17(22)12-6-4-5-7-14(12)20)19(24)27-10-15-13(8-9-26-15)18(23)25-3/h4-9,11,16H,10H2,1-3H3,(H,21,22)/t16-/m1/s1. The number of amides is 1. The Morgan fingerprint density at radius 2 is 1.85 bits per heavy atom. The summed E-state index contributed by atoms with van der Waals surface area (Å²) in [6.45, 7) is 3.28. The van der Waals surface area contributed by atoms with E-state index in [2.05, 4.69) is 10.1 Å². The van der Waals surface area contributed by atoms with Crippen molar-refractivity contribution in [2.45, 2.75) is 26.5 Å². The van der Waals surface area contributed by atoms with E-state index in [-0.39, 0.29) is 34.4 Å². The topological polar surface area (TPSA) is 94.8 Å². The van der Waals surface area contributed by atoms with Crippen LogP contribution in [0.2, 0.25) is 5.02 Å². The normalized spacial score (nSPS) is 11.7. The number of benzene rings is 1. The molecule has 0 radical (unpaired) electrons. The molecule has 1 aromatic heterocycles. The zero-order chi connectivity index (χ0) is 20.0. The van der Waals surface area contributed by atoms with Gasteiger partial charge in [0.1, 0.15) is 18.2 Å². The predicted octanol–water partition coefficient (Wildman–Crippen LogP) is 3.22. The lowest BCUT2D eigenvalue weighted by molar-refractivity contribution is -0.149. The fraction of sp³-hybridized carbons (Fsp3) is 0.316. The Hall–Kier alpha value is -2.80. The van der Waals surface area contributed by atoms with Gasteiger partial charge in [-0.3, -0.25) is 4.79 Å². The summed E-state index contributed by atoms with van der Waals surface area (Å²) in [6.07, 6.45) is 1.30. The summed E-state index contributed by atoms with van der Waals surface area (Å²) in [7, 11) is 1.24. The summed E-state index contributed by atoms with van der Waals surface area (Å²) < 4.78 is 15.0. The second kappa shape index (κ2) is 9.23. The van der Waals surface area contributed by atoms with E-state index < -0.39 is 23.9 Å². The first-order chi connectivity index (χ1) is 12.8. The zero-order valence-corrected chi connectivity index (χ0v) is 15.9. The van der Waals surface area contributed by atoms with Crippen molar-refractivity contribution in [3.8, 4) is 0 Å². The second-order valence-corrected chi connectivity index (χ2v) is 6.44. The van der Waals surface area contributed by atoms with E-state index in [0.717, 1.165) is 0 Å². The molecule has 0 aliphatic rings. The number of hydrogen-bond acceptors (Lipinski definition) is 6. The van der Waals surface area contributed by atoms with Crippen LogP contribution in [-0.2, 0) is 20.9 Å². The van der Waals surface area contributed by atoms with Gasteiger partial charge in [-0.25, -0.2) is 9.59 Å². The number of methoxy groups -OCH3 is 1. The average Bonchev–Trinajstić information content (AvgIpc) is 3.12. The quantitative estimate of drug-likeness (QED) is 0.726. The minimum absolute atomic E-state index is 0.162. The molecule has 1 atom stereocenters. The summed E-state index contributed by atoms with van der Waals surface area (Å²) in [5.74, 6) is -1.81. The number of carbonyl (C=O) groups is 3. The number of ether oxygens (including phenoxy) is 2. The molecule has 0 spiro atoms. The Morgan fingerprint density at radius 3 is 2.48 bits per heavy atom. The lowest BCUT2D eigenvalue weighted by Gasteiger charge is -2.21. The van der Waals surface area contributed by atoms with Crippen LogP contribution in [0, 0.1) is 5.92 Å². The first kappa shape index (κ1) is 20.5. The van der Waals surface area contributed by atoms with Gasteiger partial charge in [0, 0.05) is 0 Å². The number of halogens is 1. The molecule has 0 aliphatic carbocycles. The lowest BCUT2D eigenvalue weighted by atomic mass is 10.0. The molecule has 1 N–H and O–H groups in total. The molecule has 1 aromatic carbocycles. The van der Waals surface area contributed by atoms with Crippen LogP contribution in [0.4, 0.5) is 0 Å². The van der Waals surface area contributed by atoms with Crippen LogP contribution >= 0.6 is 11.6 Å². The molecule has 0 saturated carbocycles. The molecule has 2 rings (SSSR count). The van der Waals surface area contributed by atoms with Gasteiger partial charge in [0.05, 0.1) is 24.0 Å². The van der Waals surface area contributed by atoms with Gasteiger partial charge < -0.3 is 19.2 Å². The number of hydrogen-bond donors (Lipinski definition) is 1. The molecule has 27 heavy (non-hydrogen) atoms. The van der Waals surface area contributed by atoms with Gasteiger partial charge in [-0.05, 0) is 24.1 Å². The van der Waals surface area contributed by atoms with Gasteiger partial charge in [0.15, 0.2) is 5.76 Å². The van der Waals surface area contributed by atoms with Gasteiger partial charge >= 0.3 is 11.9 Å². The molecule has 0 aliphatic heterocycles. The Kier molecular flexibility index (Phi) is 7.01. The van der Waals surface area contributed by atoms with Gasteiger partial charge in [-0.2, -0.15) is 0 Å². The van der Waals surface area contributed by atoms with Crippen LogP contribution < -0.4 is 5.32 Å². The van der Waals surface area contributed by atoms with E-state index in [1.165, 1.54) is 19.4 Å². The van der Waals surface area contributed by atoms with Crippen LogP contribution in [0.15, 0.2) is 41.0 Å². The summed E-state index contributed by atoms with van der Waals surface area (Å²) in [6, 6.07) is 7.06. The first-order valence-corrected chi connectivity index (χ1v) is 8.59. The highest BCUT2D eigenvalue weighted by molar-refractivity contribution is 6.33. The molecule has 2 aromatic rings. The first-order valence-electron chi connectivity index (χ1n) is 8.21. The highest BCUT2D eigenvalue weighted by atomic mass is 35.5. The van der Waals surface area contributed by atoms with Crippen molar-refractivity contribution >= 4 is 29.4 Å². The van der Waals surface area contributed by atoms with Crippen molar-refractivity contribution in [2.24, 2.45) is 5.92 Å².